The van der Waals surface area contributed by atoms with E-state index >= 15 is 0 Å². The van der Waals surface area contributed by atoms with Crippen LogP contribution in [0.25, 0.3) is 0 Å². The van der Waals surface area contributed by atoms with Gasteiger partial charge in [-0.3, -0.25) is 9.79 Å². The summed E-state index contributed by atoms with van der Waals surface area (Å²) in [5.74, 6) is -1.16. The topological polar surface area (TPSA) is 52.5 Å². The van der Waals surface area contributed by atoms with Crippen molar-refractivity contribution in [1.82, 2.24) is 0 Å². The Morgan fingerprint density at radius 1 is 1.25 bits per heavy atom. The Balaban J connectivity index is 0.000000720. The maximum absolute atomic E-state index is 11.0. The second-order valence-corrected chi connectivity index (χ2v) is 2.26. The molecule has 3 nitrogen and oxygen atoms in total. The van der Waals surface area contributed by atoms with Crippen LogP contribution in [0.5, 0.6) is 0 Å². The number of aliphatic imine (C=N–C) groups is 1. The van der Waals surface area contributed by atoms with Crippen LogP contribution in [0.3, 0.4) is 0 Å². The molecule has 1 heterocycles. The van der Waals surface area contributed by atoms with Gasteiger partial charge in [0.05, 0.1) is 5.69 Å². The maximum Gasteiger partial charge on any atom is 1.00 e. The Bertz CT molecular complexity index is 360. The second kappa shape index (κ2) is 3.39. The van der Waals surface area contributed by atoms with Gasteiger partial charge >= 0.3 is 29.6 Å². The molecule has 0 fully saturated rings. The van der Waals surface area contributed by atoms with Crippen LogP contribution in [-0.2, 0) is 0 Å². The Morgan fingerprint density at radius 2 is 1.92 bits per heavy atom. The van der Waals surface area contributed by atoms with Crippen LogP contribution in [0.1, 0.15) is 10.4 Å². The molecule has 0 unspecified atom stereocenters. The van der Waals surface area contributed by atoms with Crippen molar-refractivity contribution in [3.63, 3.8) is 0 Å². The van der Waals surface area contributed by atoms with Crippen molar-refractivity contribution in [3.05, 3.63) is 29.8 Å². The zero-order chi connectivity index (χ0) is 7.84. The van der Waals surface area contributed by atoms with Crippen LogP contribution in [0, 0.1) is 0 Å². The zero-order valence-corrected chi connectivity index (χ0v) is 8.57. The van der Waals surface area contributed by atoms with Gasteiger partial charge < -0.3 is 5.11 Å². The summed E-state index contributed by atoms with van der Waals surface area (Å²) in [4.78, 5) is 14.5. The second-order valence-electron chi connectivity index (χ2n) is 2.26. The third-order valence-electron chi connectivity index (χ3n) is 1.56. The Hall–Kier alpha value is -0.640. The molecule has 12 heavy (non-hydrogen) atoms. The molecule has 0 aromatic heterocycles. The number of nitrogens with zero attached hydrogens (tertiary/aromatic N) is 1. The van der Waals surface area contributed by atoms with E-state index in [9.17, 15) is 9.90 Å². The van der Waals surface area contributed by atoms with Crippen molar-refractivity contribution in [1.29, 1.82) is 0 Å². The normalized spacial score (nSPS) is 13.3. The van der Waals surface area contributed by atoms with Crippen LogP contribution in [-0.4, -0.2) is 11.7 Å². The van der Waals surface area contributed by atoms with E-state index in [1.165, 1.54) is 0 Å². The first kappa shape index (κ1) is 9.45. The fraction of sp³-hybridized carbons (Fsp3) is 0. The van der Waals surface area contributed by atoms with Gasteiger partial charge in [0.1, 0.15) is 0 Å². The van der Waals surface area contributed by atoms with Gasteiger partial charge in [-0.15, -0.1) is 0 Å². The molecule has 0 amide bonds. The molecular weight excluding hydrogens is 165 g/mol. The molecule has 1 aliphatic rings. The number of rotatable bonds is 0. The quantitative estimate of drug-likeness (QED) is 0.396. The molecule has 0 N–H and O–H groups in total. The summed E-state index contributed by atoms with van der Waals surface area (Å²) in [5.41, 5.74) is 0.903. The summed E-state index contributed by atoms with van der Waals surface area (Å²) in [7, 11) is 0. The number of hydrogen-bond acceptors (Lipinski definition) is 3. The van der Waals surface area contributed by atoms with E-state index in [2.05, 4.69) is 4.99 Å². The molecule has 4 heteroatoms. The molecular formula is C8H4NNaO2. The van der Waals surface area contributed by atoms with Crippen molar-refractivity contribution in [2.24, 2.45) is 4.99 Å². The molecule has 0 saturated heterocycles. The first-order valence-corrected chi connectivity index (χ1v) is 3.18. The summed E-state index contributed by atoms with van der Waals surface area (Å²) < 4.78 is 0. The maximum atomic E-state index is 11.0. The molecule has 0 aliphatic carbocycles. The van der Waals surface area contributed by atoms with E-state index in [1.54, 1.807) is 24.3 Å². The number of Topliss-reactive ketones (excluding diaryl/α,β-unsaturated/α-hetero) is 1. The number of fused-ring (bicyclic) bond motifs is 1. The molecule has 1 aromatic rings. The van der Waals surface area contributed by atoms with Crippen molar-refractivity contribution in [3.8, 4) is 0 Å². The van der Waals surface area contributed by atoms with Gasteiger partial charge in [-0.1, -0.05) is 12.1 Å². The van der Waals surface area contributed by atoms with E-state index in [0.29, 0.717) is 11.3 Å². The predicted molar refractivity (Wildman–Crippen MR) is 37.9 cm³/mol. The van der Waals surface area contributed by atoms with Gasteiger partial charge in [0.2, 0.25) is 0 Å². The zero-order valence-electron chi connectivity index (χ0n) is 6.57. The Labute approximate surface area is 91.4 Å². The minimum absolute atomic E-state index is 0. The monoisotopic (exact) mass is 169 g/mol. The number of ketones is 1. The van der Waals surface area contributed by atoms with E-state index < -0.39 is 11.7 Å². The number of benzene rings is 1. The molecule has 0 spiro atoms. The van der Waals surface area contributed by atoms with E-state index in [-0.39, 0.29) is 29.6 Å². The van der Waals surface area contributed by atoms with Gasteiger partial charge in [-0.2, -0.15) is 0 Å². The van der Waals surface area contributed by atoms with Gasteiger partial charge in [0.25, 0.3) is 0 Å². The van der Waals surface area contributed by atoms with Crippen molar-refractivity contribution >= 4 is 17.4 Å². The standard InChI is InChI=1S/C8H5NO2.Na/c10-7-5-3-1-2-4-6(5)9-8(7)11;/h1-4H,(H,9,10,11);/q;+1/p-1. The average Bonchev–Trinajstić information content (AvgIpc) is 2.30. The SMILES string of the molecule is O=C1C([O-])=Nc2ccccc21.[Na+]. The van der Waals surface area contributed by atoms with Crippen LogP contribution >= 0.6 is 0 Å². The van der Waals surface area contributed by atoms with Crippen LogP contribution in [0.2, 0.25) is 0 Å². The molecule has 54 valence electrons. The fourth-order valence-corrected chi connectivity index (χ4v) is 1.04. The first-order valence-electron chi connectivity index (χ1n) is 3.18. The molecule has 1 aliphatic heterocycles. The Kier molecular flexibility index (Phi) is 2.67. The fourth-order valence-electron chi connectivity index (χ4n) is 1.04. The first-order chi connectivity index (χ1) is 5.29. The number of hydrogen-bond donors (Lipinski definition) is 0. The van der Waals surface area contributed by atoms with Crippen molar-refractivity contribution < 1.29 is 39.5 Å². The third-order valence-corrected chi connectivity index (χ3v) is 1.56. The minimum atomic E-state index is -0.661. The largest absolute Gasteiger partial charge is 1.00 e. The summed E-state index contributed by atoms with van der Waals surface area (Å²) in [5, 5.41) is 10.7. The minimum Gasteiger partial charge on any atom is -0.856 e. The molecule has 0 saturated carbocycles. The van der Waals surface area contributed by atoms with Gasteiger partial charge in [-0.25, -0.2) is 0 Å². The van der Waals surface area contributed by atoms with Gasteiger partial charge in [0, 0.05) is 11.5 Å². The van der Waals surface area contributed by atoms with Crippen LogP contribution < -0.4 is 34.7 Å². The van der Waals surface area contributed by atoms with E-state index in [1.807, 2.05) is 0 Å². The third kappa shape index (κ3) is 1.31. The summed E-state index contributed by atoms with van der Waals surface area (Å²) >= 11 is 0. The van der Waals surface area contributed by atoms with Crippen LogP contribution in [0.15, 0.2) is 29.3 Å². The van der Waals surface area contributed by atoms with Crippen molar-refractivity contribution in [2.45, 2.75) is 0 Å². The van der Waals surface area contributed by atoms with Gasteiger partial charge in [0.15, 0.2) is 5.78 Å². The summed E-state index contributed by atoms with van der Waals surface area (Å²) in [6, 6.07) is 6.71. The molecule has 0 radical (unpaired) electrons. The molecule has 0 bridgehead atoms. The van der Waals surface area contributed by atoms with E-state index in [0.717, 1.165) is 0 Å². The summed E-state index contributed by atoms with van der Waals surface area (Å²) in [6.07, 6.45) is 0. The van der Waals surface area contributed by atoms with Crippen LogP contribution in [0.4, 0.5) is 5.69 Å². The number of carbonyl (C=O) groups excluding carboxylic acids is 1. The van der Waals surface area contributed by atoms with E-state index in [4.69, 9.17) is 0 Å². The summed E-state index contributed by atoms with van der Waals surface area (Å²) in [6.45, 7) is 0. The number of para-hydroxylation sites is 1. The van der Waals surface area contributed by atoms with Crippen molar-refractivity contribution in [2.75, 3.05) is 0 Å². The Morgan fingerprint density at radius 3 is 2.58 bits per heavy atom. The smallest absolute Gasteiger partial charge is 0.856 e. The molecule has 1 aromatic carbocycles. The average molecular weight is 169 g/mol. The van der Waals surface area contributed by atoms with Gasteiger partial charge in [-0.05, 0) is 12.1 Å². The predicted octanol–water partition coefficient (Wildman–Crippen LogP) is -2.72. The molecule has 2 rings (SSSR count). The molecule has 0 atom stereocenters. The number of carbonyl (C=O) groups is 1.